The fraction of sp³-hybridized carbons (Fsp3) is 0.310. The van der Waals surface area contributed by atoms with Crippen LogP contribution >= 0.6 is 34.5 Å². The van der Waals surface area contributed by atoms with Gasteiger partial charge in [-0.05, 0) is 59.9 Å². The molecule has 1 aliphatic carbocycles. The minimum absolute atomic E-state index is 0.271. The predicted molar refractivity (Wildman–Crippen MR) is 149 cm³/mol. The van der Waals surface area contributed by atoms with Gasteiger partial charge in [-0.15, -0.1) is 11.3 Å². The first kappa shape index (κ1) is 24.1. The maximum Gasteiger partial charge on any atom is 0.134 e. The molecular weight excluding hydrogens is 493 g/mol. The van der Waals surface area contributed by atoms with Crippen molar-refractivity contribution in [2.75, 3.05) is 0 Å². The Hall–Kier alpha value is -2.58. The molecule has 0 aliphatic heterocycles. The van der Waals surface area contributed by atoms with Gasteiger partial charge in [-0.3, -0.25) is 0 Å². The molecule has 178 valence electrons. The SMILES string of the molecule is CC(C)(C)[C@@H]1CCc2c(sc(N=Cc3cn(Cc4ccc(Cl)cc4Cl)c4ccccc34)c2C#N)C1. The number of hydrogen-bond donors (Lipinski definition) is 0. The number of thiophene rings is 1. The van der Waals surface area contributed by atoms with Crippen LogP contribution in [0, 0.1) is 22.7 Å². The molecule has 0 amide bonds. The maximum absolute atomic E-state index is 9.93. The zero-order valence-corrected chi connectivity index (χ0v) is 22.4. The summed E-state index contributed by atoms with van der Waals surface area (Å²) in [6, 6.07) is 16.3. The van der Waals surface area contributed by atoms with Gasteiger partial charge >= 0.3 is 0 Å². The molecule has 0 N–H and O–H groups in total. The molecule has 3 nitrogen and oxygen atoms in total. The lowest BCUT2D eigenvalue weighted by Crippen LogP contribution is -2.26. The number of hydrogen-bond acceptors (Lipinski definition) is 3. The van der Waals surface area contributed by atoms with Gasteiger partial charge in [0.1, 0.15) is 11.1 Å². The fourth-order valence-electron chi connectivity index (χ4n) is 4.99. The summed E-state index contributed by atoms with van der Waals surface area (Å²) < 4.78 is 2.18. The Bertz CT molecular complexity index is 1480. The summed E-state index contributed by atoms with van der Waals surface area (Å²) in [7, 11) is 0. The second-order valence-corrected chi connectivity index (χ2v) is 12.3. The molecule has 6 heteroatoms. The topological polar surface area (TPSA) is 41.1 Å². The van der Waals surface area contributed by atoms with Crippen molar-refractivity contribution in [2.45, 2.75) is 46.6 Å². The van der Waals surface area contributed by atoms with Gasteiger partial charge in [0.2, 0.25) is 0 Å². The Morgan fingerprint density at radius 3 is 2.74 bits per heavy atom. The van der Waals surface area contributed by atoms with Gasteiger partial charge in [0.25, 0.3) is 0 Å². The standard InChI is InChI=1S/C29H27Cl2N3S/c1-29(2,3)20-9-11-23-24(14-32)28(35-27(23)12-20)33-15-19-17-34(26-7-5-4-6-22(19)26)16-18-8-10-21(30)13-25(18)31/h4-8,10,13,15,17,20H,9,11-12,16H2,1-3H3/t20-/m1/s1. The highest BCUT2D eigenvalue weighted by molar-refractivity contribution is 7.16. The fourth-order valence-corrected chi connectivity index (χ4v) is 6.68. The van der Waals surface area contributed by atoms with E-state index in [0.717, 1.165) is 51.9 Å². The Balaban J connectivity index is 1.49. The molecule has 0 saturated carbocycles. The van der Waals surface area contributed by atoms with Crippen molar-refractivity contribution in [1.29, 1.82) is 5.26 Å². The van der Waals surface area contributed by atoms with Crippen LogP contribution in [0.1, 0.15) is 54.3 Å². The third-order valence-electron chi connectivity index (χ3n) is 7.08. The van der Waals surface area contributed by atoms with Gasteiger partial charge in [0, 0.05) is 50.3 Å². The average Bonchev–Trinajstić information content (AvgIpc) is 3.36. The number of rotatable bonds is 4. The molecule has 0 unspecified atom stereocenters. The van der Waals surface area contributed by atoms with Gasteiger partial charge in [0.05, 0.1) is 5.56 Å². The van der Waals surface area contributed by atoms with Crippen molar-refractivity contribution in [1.82, 2.24) is 4.57 Å². The third-order valence-corrected chi connectivity index (χ3v) is 8.83. The first-order valence-corrected chi connectivity index (χ1v) is 13.4. The second kappa shape index (κ2) is 9.47. The number of fused-ring (bicyclic) bond motifs is 2. The van der Waals surface area contributed by atoms with E-state index in [1.807, 2.05) is 30.5 Å². The number of halogens is 2. The molecule has 2 aromatic heterocycles. The van der Waals surface area contributed by atoms with Crippen molar-refractivity contribution in [3.63, 3.8) is 0 Å². The van der Waals surface area contributed by atoms with Crippen LogP contribution in [0.15, 0.2) is 53.7 Å². The summed E-state index contributed by atoms with van der Waals surface area (Å²) in [5.74, 6) is 0.634. The first-order chi connectivity index (χ1) is 16.7. The van der Waals surface area contributed by atoms with Crippen LogP contribution in [0.3, 0.4) is 0 Å². The van der Waals surface area contributed by atoms with Crippen LogP contribution in [-0.2, 0) is 19.4 Å². The zero-order chi connectivity index (χ0) is 24.7. The highest BCUT2D eigenvalue weighted by Crippen LogP contribution is 2.45. The lowest BCUT2D eigenvalue weighted by atomic mass is 9.72. The van der Waals surface area contributed by atoms with Crippen LogP contribution in [0.2, 0.25) is 10.0 Å². The summed E-state index contributed by atoms with van der Waals surface area (Å²) in [6.07, 6.45) is 7.14. The van der Waals surface area contributed by atoms with E-state index >= 15 is 0 Å². The van der Waals surface area contributed by atoms with Crippen molar-refractivity contribution in [2.24, 2.45) is 16.3 Å². The summed E-state index contributed by atoms with van der Waals surface area (Å²) in [4.78, 5) is 6.19. The molecule has 4 aromatic rings. The number of aromatic nitrogens is 1. The smallest absolute Gasteiger partial charge is 0.134 e. The lowest BCUT2D eigenvalue weighted by Gasteiger charge is -2.33. The van der Waals surface area contributed by atoms with Gasteiger partial charge in [-0.1, -0.05) is 68.2 Å². The average molecular weight is 521 g/mol. The molecule has 1 atom stereocenters. The minimum Gasteiger partial charge on any atom is -0.342 e. The Morgan fingerprint density at radius 2 is 2.00 bits per heavy atom. The van der Waals surface area contributed by atoms with Crippen LogP contribution in [0.4, 0.5) is 5.00 Å². The molecule has 0 saturated heterocycles. The van der Waals surface area contributed by atoms with Crippen molar-refractivity contribution >= 4 is 56.7 Å². The van der Waals surface area contributed by atoms with Gasteiger partial charge in [-0.2, -0.15) is 5.26 Å². The summed E-state index contributed by atoms with van der Waals surface area (Å²) in [6.45, 7) is 7.57. The normalized spacial score (nSPS) is 16.1. The molecule has 1 aliphatic rings. The van der Waals surface area contributed by atoms with Crippen LogP contribution < -0.4 is 0 Å². The van der Waals surface area contributed by atoms with E-state index in [2.05, 4.69) is 49.7 Å². The van der Waals surface area contributed by atoms with Crippen molar-refractivity contribution in [3.8, 4) is 6.07 Å². The lowest BCUT2D eigenvalue weighted by molar-refractivity contribution is 0.218. The first-order valence-electron chi connectivity index (χ1n) is 11.8. The molecule has 0 radical (unpaired) electrons. The maximum atomic E-state index is 9.93. The molecule has 0 fully saturated rings. The van der Waals surface area contributed by atoms with E-state index in [9.17, 15) is 5.26 Å². The highest BCUT2D eigenvalue weighted by atomic mass is 35.5. The Morgan fingerprint density at radius 1 is 1.20 bits per heavy atom. The third kappa shape index (κ3) is 4.78. The van der Waals surface area contributed by atoms with Crippen LogP contribution in [0.25, 0.3) is 10.9 Å². The molecule has 0 bridgehead atoms. The summed E-state index contributed by atoms with van der Waals surface area (Å²) in [5.41, 5.74) is 5.38. The van der Waals surface area contributed by atoms with Gasteiger partial charge in [-0.25, -0.2) is 4.99 Å². The van der Waals surface area contributed by atoms with E-state index in [4.69, 9.17) is 28.2 Å². The number of aliphatic imine (C=N–C) groups is 1. The number of benzene rings is 2. The number of nitriles is 1. The molecular formula is C29H27Cl2N3S. The van der Waals surface area contributed by atoms with Crippen molar-refractivity contribution < 1.29 is 0 Å². The largest absolute Gasteiger partial charge is 0.342 e. The zero-order valence-electron chi connectivity index (χ0n) is 20.1. The van der Waals surface area contributed by atoms with E-state index in [1.54, 1.807) is 17.4 Å². The van der Waals surface area contributed by atoms with Gasteiger partial charge in [0.15, 0.2) is 0 Å². The molecule has 2 aromatic carbocycles. The van der Waals surface area contributed by atoms with E-state index in [-0.39, 0.29) is 5.41 Å². The highest BCUT2D eigenvalue weighted by Gasteiger charge is 2.32. The summed E-state index contributed by atoms with van der Waals surface area (Å²) in [5, 5.41) is 13.2. The molecule has 35 heavy (non-hydrogen) atoms. The molecule has 0 spiro atoms. The van der Waals surface area contributed by atoms with Crippen LogP contribution in [-0.4, -0.2) is 10.8 Å². The van der Waals surface area contributed by atoms with E-state index < -0.39 is 0 Å². The number of para-hydroxylation sites is 1. The summed E-state index contributed by atoms with van der Waals surface area (Å²) >= 11 is 14.2. The van der Waals surface area contributed by atoms with Crippen LogP contribution in [0.5, 0.6) is 0 Å². The number of nitrogens with zero attached hydrogens (tertiary/aromatic N) is 3. The Kier molecular flexibility index (Phi) is 6.53. The predicted octanol–water partition coefficient (Wildman–Crippen LogP) is 8.83. The van der Waals surface area contributed by atoms with E-state index in [0.29, 0.717) is 22.5 Å². The quantitative estimate of drug-likeness (QED) is 0.248. The second-order valence-electron chi connectivity index (χ2n) is 10.3. The molecule has 2 heterocycles. The Labute approximate surface area is 220 Å². The molecule has 5 rings (SSSR count). The monoisotopic (exact) mass is 519 g/mol. The van der Waals surface area contributed by atoms with Gasteiger partial charge < -0.3 is 4.57 Å². The van der Waals surface area contributed by atoms with Crippen molar-refractivity contribution in [3.05, 3.63) is 85.8 Å². The van der Waals surface area contributed by atoms with E-state index in [1.165, 1.54) is 10.4 Å². The minimum atomic E-state index is 0.271.